The van der Waals surface area contributed by atoms with Crippen molar-refractivity contribution in [2.75, 3.05) is 57.9 Å². The van der Waals surface area contributed by atoms with Gasteiger partial charge in [0.15, 0.2) is 0 Å². The summed E-state index contributed by atoms with van der Waals surface area (Å²) in [5.74, 6) is 0.487. The van der Waals surface area contributed by atoms with Crippen molar-refractivity contribution in [3.05, 3.63) is 54.6 Å². The molecule has 39 heavy (non-hydrogen) atoms. The molecule has 0 bridgehead atoms. The first-order chi connectivity index (χ1) is 18.8. The van der Waals surface area contributed by atoms with Crippen LogP contribution in [0.2, 0.25) is 0 Å². The Labute approximate surface area is 230 Å². The van der Waals surface area contributed by atoms with E-state index in [1.807, 2.05) is 23.1 Å². The standard InChI is InChI=1S/C28H37N3O7S/c1-36-23-8-5-9-25(16-23)39(34,35)31-18-22(32)19-37-20-27-26(31)11-10-24(38-27)17-28(33)30-14-12-29(13-15-30)21-6-3-2-4-7-21/h2-9,16,22,24,26-27,32H,10-15,17-20H2,1H3/t22-,24+,26-,27+/m0/s1. The van der Waals surface area contributed by atoms with Gasteiger partial charge in [-0.1, -0.05) is 24.3 Å². The molecule has 5 rings (SSSR count). The highest BCUT2D eigenvalue weighted by Crippen LogP contribution is 2.32. The lowest BCUT2D eigenvalue weighted by Crippen LogP contribution is -2.57. The number of carbonyl (C=O) groups excluding carboxylic acids is 1. The highest BCUT2D eigenvalue weighted by molar-refractivity contribution is 7.89. The zero-order chi connectivity index (χ0) is 27.4. The van der Waals surface area contributed by atoms with E-state index in [0.717, 1.165) is 18.8 Å². The first kappa shape index (κ1) is 27.9. The van der Waals surface area contributed by atoms with Crippen LogP contribution < -0.4 is 9.64 Å². The Bertz CT molecular complexity index is 1220. The summed E-state index contributed by atoms with van der Waals surface area (Å²) in [6.07, 6.45) is -0.527. The van der Waals surface area contributed by atoms with Crippen molar-refractivity contribution in [3.63, 3.8) is 0 Å². The number of fused-ring (bicyclic) bond motifs is 1. The fraction of sp³-hybridized carbons (Fsp3) is 0.536. The van der Waals surface area contributed by atoms with Crippen molar-refractivity contribution in [3.8, 4) is 5.75 Å². The third-order valence-corrected chi connectivity index (χ3v) is 9.62. The number of rotatable bonds is 6. The van der Waals surface area contributed by atoms with E-state index in [0.29, 0.717) is 31.7 Å². The first-order valence-corrected chi connectivity index (χ1v) is 14.9. The monoisotopic (exact) mass is 559 g/mol. The second-order valence-corrected chi connectivity index (χ2v) is 12.2. The number of β-amino-alcohol motifs (C(OH)–C–C–N with tert-alkyl or cyclic N) is 1. The number of methoxy groups -OCH3 is 1. The van der Waals surface area contributed by atoms with E-state index < -0.39 is 28.3 Å². The van der Waals surface area contributed by atoms with Gasteiger partial charge < -0.3 is 29.1 Å². The van der Waals surface area contributed by atoms with Gasteiger partial charge in [-0.2, -0.15) is 4.31 Å². The fourth-order valence-electron chi connectivity index (χ4n) is 5.64. The van der Waals surface area contributed by atoms with E-state index >= 15 is 0 Å². The number of para-hydroxylation sites is 1. The minimum absolute atomic E-state index is 0.00595. The van der Waals surface area contributed by atoms with Crippen molar-refractivity contribution in [2.45, 2.75) is 48.5 Å². The van der Waals surface area contributed by atoms with Crippen LogP contribution in [0.3, 0.4) is 0 Å². The van der Waals surface area contributed by atoms with Crippen molar-refractivity contribution < 1.29 is 32.5 Å². The molecule has 0 unspecified atom stereocenters. The van der Waals surface area contributed by atoms with E-state index in [9.17, 15) is 18.3 Å². The molecule has 0 radical (unpaired) electrons. The number of piperazine rings is 1. The van der Waals surface area contributed by atoms with Crippen molar-refractivity contribution in [1.82, 2.24) is 9.21 Å². The van der Waals surface area contributed by atoms with Crippen molar-refractivity contribution >= 4 is 21.6 Å². The van der Waals surface area contributed by atoms with E-state index in [4.69, 9.17) is 14.2 Å². The lowest BCUT2D eigenvalue weighted by molar-refractivity contribution is -0.151. The van der Waals surface area contributed by atoms with Crippen LogP contribution in [-0.2, 0) is 24.3 Å². The molecule has 3 aliphatic heterocycles. The molecule has 0 spiro atoms. The highest BCUT2D eigenvalue weighted by Gasteiger charge is 2.43. The predicted octanol–water partition coefficient (Wildman–Crippen LogP) is 1.73. The Morgan fingerprint density at radius 3 is 2.54 bits per heavy atom. The van der Waals surface area contributed by atoms with Gasteiger partial charge in [0, 0.05) is 44.5 Å². The maximum atomic E-state index is 13.7. The third-order valence-electron chi connectivity index (χ3n) is 7.74. The SMILES string of the molecule is COc1cccc(S(=O)(=O)N2C[C@H](O)COC[C@H]3O[C@@H](CC(=O)N4CCN(c5ccccc5)CC4)CC[C@@H]32)c1. The van der Waals surface area contributed by atoms with Gasteiger partial charge in [0.2, 0.25) is 15.9 Å². The maximum Gasteiger partial charge on any atom is 0.243 e. The Hall–Kier alpha value is -2.70. The van der Waals surface area contributed by atoms with E-state index in [2.05, 4.69) is 17.0 Å². The molecular formula is C28H37N3O7S. The van der Waals surface area contributed by atoms with Crippen LogP contribution in [0.25, 0.3) is 0 Å². The molecule has 10 nitrogen and oxygen atoms in total. The van der Waals surface area contributed by atoms with Crippen molar-refractivity contribution in [2.24, 2.45) is 0 Å². The van der Waals surface area contributed by atoms with E-state index in [1.54, 1.807) is 12.1 Å². The quantitative estimate of drug-likeness (QED) is 0.570. The molecule has 2 aromatic carbocycles. The summed E-state index contributed by atoms with van der Waals surface area (Å²) >= 11 is 0. The lowest BCUT2D eigenvalue weighted by atomic mass is 9.96. The fourth-order valence-corrected chi connectivity index (χ4v) is 7.40. The Balaban J connectivity index is 1.23. The van der Waals surface area contributed by atoms with Gasteiger partial charge in [-0.15, -0.1) is 0 Å². The van der Waals surface area contributed by atoms with Crippen LogP contribution >= 0.6 is 0 Å². The summed E-state index contributed by atoms with van der Waals surface area (Å²) in [5, 5.41) is 10.4. The first-order valence-electron chi connectivity index (χ1n) is 13.5. The number of carbonyl (C=O) groups is 1. The molecule has 0 saturated carbocycles. The maximum absolute atomic E-state index is 13.7. The minimum atomic E-state index is -3.95. The molecule has 3 saturated heterocycles. The van der Waals surface area contributed by atoms with Crippen LogP contribution in [0.4, 0.5) is 5.69 Å². The van der Waals surface area contributed by atoms with Crippen LogP contribution in [0.15, 0.2) is 59.5 Å². The van der Waals surface area contributed by atoms with Crippen molar-refractivity contribution in [1.29, 1.82) is 0 Å². The van der Waals surface area contributed by atoms with Crippen LogP contribution in [-0.4, -0.2) is 106 Å². The number of hydrogen-bond donors (Lipinski definition) is 1. The van der Waals surface area contributed by atoms with Gasteiger partial charge in [0.25, 0.3) is 0 Å². The molecule has 3 aliphatic rings. The summed E-state index contributed by atoms with van der Waals surface area (Å²) in [5.41, 5.74) is 1.16. The largest absolute Gasteiger partial charge is 0.497 e. The molecule has 1 amide bonds. The molecule has 1 N–H and O–H groups in total. The second-order valence-electron chi connectivity index (χ2n) is 10.3. The van der Waals surface area contributed by atoms with E-state index in [-0.39, 0.29) is 43.1 Å². The number of amides is 1. The topological polar surface area (TPSA) is 109 Å². The number of aliphatic hydroxyl groups is 1. The average molecular weight is 560 g/mol. The predicted molar refractivity (Wildman–Crippen MR) is 145 cm³/mol. The molecule has 11 heteroatoms. The molecule has 2 aromatic rings. The zero-order valence-electron chi connectivity index (χ0n) is 22.2. The van der Waals surface area contributed by atoms with Gasteiger partial charge in [0.05, 0.1) is 56.0 Å². The van der Waals surface area contributed by atoms with Crippen LogP contribution in [0.5, 0.6) is 5.75 Å². The zero-order valence-corrected chi connectivity index (χ0v) is 23.0. The summed E-state index contributed by atoms with van der Waals surface area (Å²) in [6.45, 7) is 2.91. The number of anilines is 1. The third kappa shape index (κ3) is 6.38. The highest BCUT2D eigenvalue weighted by atomic mass is 32.2. The minimum Gasteiger partial charge on any atom is -0.497 e. The lowest BCUT2D eigenvalue weighted by Gasteiger charge is -2.44. The summed E-state index contributed by atoms with van der Waals surface area (Å²) in [4.78, 5) is 17.4. The number of nitrogens with zero attached hydrogens (tertiary/aromatic N) is 3. The molecule has 212 valence electrons. The molecule has 3 fully saturated rings. The molecule has 3 heterocycles. The van der Waals surface area contributed by atoms with Gasteiger partial charge in [-0.25, -0.2) is 8.42 Å². The number of hydrogen-bond acceptors (Lipinski definition) is 8. The molecular weight excluding hydrogens is 522 g/mol. The smallest absolute Gasteiger partial charge is 0.243 e. The van der Waals surface area contributed by atoms with Gasteiger partial charge in [-0.3, -0.25) is 4.79 Å². The Morgan fingerprint density at radius 2 is 1.79 bits per heavy atom. The normalized spacial score (nSPS) is 26.8. The number of benzene rings is 2. The second kappa shape index (κ2) is 12.2. The summed E-state index contributed by atoms with van der Waals surface area (Å²) < 4.78 is 46.0. The Morgan fingerprint density at radius 1 is 1.03 bits per heavy atom. The van der Waals surface area contributed by atoms with Gasteiger partial charge in [-0.05, 0) is 37.1 Å². The molecule has 4 atom stereocenters. The van der Waals surface area contributed by atoms with E-state index in [1.165, 1.54) is 23.5 Å². The van der Waals surface area contributed by atoms with Gasteiger partial charge >= 0.3 is 0 Å². The van der Waals surface area contributed by atoms with Crippen LogP contribution in [0, 0.1) is 0 Å². The van der Waals surface area contributed by atoms with Crippen LogP contribution in [0.1, 0.15) is 19.3 Å². The number of sulfonamides is 1. The number of aliphatic hydroxyl groups excluding tert-OH is 1. The summed E-state index contributed by atoms with van der Waals surface area (Å²) in [7, 11) is -2.46. The summed E-state index contributed by atoms with van der Waals surface area (Å²) in [6, 6.07) is 16.0. The average Bonchev–Trinajstić information content (AvgIpc) is 2.96. The molecule has 0 aromatic heterocycles. The number of ether oxygens (including phenoxy) is 3. The Kier molecular flexibility index (Phi) is 8.73. The van der Waals surface area contributed by atoms with Gasteiger partial charge in [0.1, 0.15) is 5.75 Å². The molecule has 0 aliphatic carbocycles.